The molecular weight excluding hydrogens is 142 g/mol. The van der Waals surface area contributed by atoms with Crippen LogP contribution in [-0.4, -0.2) is 35.0 Å². The Kier molecular flexibility index (Phi) is 4.65. The van der Waals surface area contributed by atoms with Gasteiger partial charge in [-0.3, -0.25) is 0 Å². The number of hydrogen-bond donors (Lipinski definition) is 3. The molecule has 68 valence electrons. The lowest BCUT2D eigenvalue weighted by Gasteiger charge is -2.32. The molecule has 0 saturated heterocycles. The maximum absolute atomic E-state index is 9.49. The van der Waals surface area contributed by atoms with Gasteiger partial charge in [0.2, 0.25) is 0 Å². The summed E-state index contributed by atoms with van der Waals surface area (Å²) in [6.07, 6.45) is 0.178. The average molecular weight is 161 g/mol. The van der Waals surface area contributed by atoms with Crippen LogP contribution in [0.2, 0.25) is 0 Å². The minimum atomic E-state index is -0.538. The van der Waals surface area contributed by atoms with Crippen molar-refractivity contribution in [1.82, 2.24) is 5.32 Å². The second-order valence-corrected chi connectivity index (χ2v) is 3.03. The fraction of sp³-hybridized carbons (Fsp3) is 1.00. The van der Waals surface area contributed by atoms with E-state index < -0.39 is 11.6 Å². The number of rotatable bonds is 5. The Morgan fingerprint density at radius 2 is 2.00 bits per heavy atom. The van der Waals surface area contributed by atoms with Gasteiger partial charge in [0.1, 0.15) is 0 Å². The predicted molar refractivity (Wildman–Crippen MR) is 45.5 cm³/mol. The van der Waals surface area contributed by atoms with Crippen LogP contribution < -0.4 is 5.32 Å². The molecule has 3 N–H and O–H groups in total. The zero-order valence-corrected chi connectivity index (χ0v) is 7.59. The summed E-state index contributed by atoms with van der Waals surface area (Å²) >= 11 is 0. The normalized spacial score (nSPS) is 19.4. The van der Waals surface area contributed by atoms with E-state index >= 15 is 0 Å². The van der Waals surface area contributed by atoms with Crippen LogP contribution in [0, 0.1) is 0 Å². The molecule has 11 heavy (non-hydrogen) atoms. The van der Waals surface area contributed by atoms with Crippen molar-refractivity contribution in [3.05, 3.63) is 0 Å². The summed E-state index contributed by atoms with van der Waals surface area (Å²) in [6, 6.07) is 0. The third kappa shape index (κ3) is 2.77. The van der Waals surface area contributed by atoms with E-state index in [-0.39, 0.29) is 6.61 Å². The molecule has 0 aromatic carbocycles. The Labute approximate surface area is 68.4 Å². The topological polar surface area (TPSA) is 52.5 Å². The summed E-state index contributed by atoms with van der Waals surface area (Å²) in [5.74, 6) is 0. The van der Waals surface area contributed by atoms with E-state index in [9.17, 15) is 5.11 Å². The maximum Gasteiger partial charge on any atom is 0.0738 e. The molecular formula is C8H19NO2. The van der Waals surface area contributed by atoms with Crippen molar-refractivity contribution < 1.29 is 10.2 Å². The van der Waals surface area contributed by atoms with Crippen molar-refractivity contribution in [1.29, 1.82) is 0 Å². The SMILES string of the molecule is CCNC(C)(CO)C(O)CC. The maximum atomic E-state index is 9.49. The minimum absolute atomic E-state index is 0.0319. The zero-order chi connectivity index (χ0) is 8.91. The standard InChI is InChI=1S/C8H19NO2/c1-4-7(11)8(3,6-10)9-5-2/h7,9-11H,4-6H2,1-3H3. The van der Waals surface area contributed by atoms with Crippen molar-refractivity contribution >= 4 is 0 Å². The van der Waals surface area contributed by atoms with E-state index in [1.165, 1.54) is 0 Å². The molecule has 0 fully saturated rings. The summed E-state index contributed by atoms with van der Waals surface area (Å²) in [5, 5.41) is 21.5. The smallest absolute Gasteiger partial charge is 0.0738 e. The lowest BCUT2D eigenvalue weighted by atomic mass is 9.94. The molecule has 0 rings (SSSR count). The molecule has 0 amide bonds. The third-order valence-corrected chi connectivity index (χ3v) is 2.03. The Balaban J connectivity index is 4.07. The van der Waals surface area contributed by atoms with Gasteiger partial charge in [-0.15, -0.1) is 0 Å². The van der Waals surface area contributed by atoms with Gasteiger partial charge < -0.3 is 15.5 Å². The largest absolute Gasteiger partial charge is 0.394 e. The van der Waals surface area contributed by atoms with Crippen molar-refractivity contribution in [3.8, 4) is 0 Å². The van der Waals surface area contributed by atoms with Gasteiger partial charge in [-0.1, -0.05) is 13.8 Å². The molecule has 0 aromatic rings. The number of aliphatic hydroxyl groups is 2. The average Bonchev–Trinajstić information content (AvgIpc) is 2.03. The summed E-state index contributed by atoms with van der Waals surface area (Å²) in [6.45, 7) is 6.40. The first kappa shape index (κ1) is 10.9. The molecule has 0 aliphatic carbocycles. The molecule has 0 spiro atoms. The Morgan fingerprint density at radius 3 is 2.27 bits per heavy atom. The monoisotopic (exact) mass is 161 g/mol. The van der Waals surface area contributed by atoms with E-state index in [0.717, 1.165) is 6.54 Å². The zero-order valence-electron chi connectivity index (χ0n) is 7.59. The highest BCUT2D eigenvalue weighted by atomic mass is 16.3. The summed E-state index contributed by atoms with van der Waals surface area (Å²) in [7, 11) is 0. The number of aliphatic hydroxyl groups excluding tert-OH is 2. The van der Waals surface area contributed by atoms with Crippen LogP contribution >= 0.6 is 0 Å². The van der Waals surface area contributed by atoms with Gasteiger partial charge in [0, 0.05) is 0 Å². The lowest BCUT2D eigenvalue weighted by Crippen LogP contribution is -2.54. The fourth-order valence-corrected chi connectivity index (χ4v) is 1.13. The molecule has 0 bridgehead atoms. The first-order valence-corrected chi connectivity index (χ1v) is 4.14. The number of nitrogens with one attached hydrogen (secondary N) is 1. The number of hydrogen-bond acceptors (Lipinski definition) is 3. The Morgan fingerprint density at radius 1 is 1.45 bits per heavy atom. The van der Waals surface area contributed by atoms with E-state index in [4.69, 9.17) is 5.11 Å². The van der Waals surface area contributed by atoms with Crippen molar-refractivity contribution in [2.75, 3.05) is 13.2 Å². The lowest BCUT2D eigenvalue weighted by molar-refractivity contribution is 0.0284. The first-order chi connectivity index (χ1) is 5.10. The number of likely N-dealkylation sites (N-methyl/N-ethyl adjacent to an activating group) is 1. The molecule has 3 nitrogen and oxygen atoms in total. The van der Waals surface area contributed by atoms with E-state index in [1.807, 2.05) is 20.8 Å². The molecule has 0 radical (unpaired) electrons. The molecule has 2 unspecified atom stereocenters. The van der Waals surface area contributed by atoms with Crippen LogP contribution in [0.25, 0.3) is 0 Å². The minimum Gasteiger partial charge on any atom is -0.394 e. The van der Waals surface area contributed by atoms with Crippen LogP contribution in [0.1, 0.15) is 27.2 Å². The van der Waals surface area contributed by atoms with Gasteiger partial charge in [-0.2, -0.15) is 0 Å². The highest BCUT2D eigenvalue weighted by molar-refractivity contribution is 4.88. The fourth-order valence-electron chi connectivity index (χ4n) is 1.13. The van der Waals surface area contributed by atoms with Crippen molar-refractivity contribution in [2.45, 2.75) is 38.8 Å². The Hall–Kier alpha value is -0.120. The Bertz CT molecular complexity index is 108. The van der Waals surface area contributed by atoms with Crippen LogP contribution in [0.3, 0.4) is 0 Å². The molecule has 3 heteroatoms. The predicted octanol–water partition coefficient (Wildman–Crippen LogP) is 0.118. The summed E-state index contributed by atoms with van der Waals surface area (Å²) in [4.78, 5) is 0. The van der Waals surface area contributed by atoms with Gasteiger partial charge in [0.25, 0.3) is 0 Å². The van der Waals surface area contributed by atoms with E-state index in [2.05, 4.69) is 5.32 Å². The van der Waals surface area contributed by atoms with Gasteiger partial charge in [-0.05, 0) is 19.9 Å². The van der Waals surface area contributed by atoms with Crippen LogP contribution in [0.4, 0.5) is 0 Å². The highest BCUT2D eigenvalue weighted by Crippen LogP contribution is 2.11. The quantitative estimate of drug-likeness (QED) is 0.537. The molecule has 0 saturated carbocycles. The highest BCUT2D eigenvalue weighted by Gasteiger charge is 2.29. The van der Waals surface area contributed by atoms with Crippen molar-refractivity contribution in [3.63, 3.8) is 0 Å². The van der Waals surface area contributed by atoms with E-state index in [1.54, 1.807) is 0 Å². The van der Waals surface area contributed by atoms with Crippen molar-refractivity contribution in [2.24, 2.45) is 0 Å². The molecule has 0 aromatic heterocycles. The van der Waals surface area contributed by atoms with Crippen LogP contribution in [0.5, 0.6) is 0 Å². The van der Waals surface area contributed by atoms with Gasteiger partial charge in [0.05, 0.1) is 18.2 Å². The van der Waals surface area contributed by atoms with Crippen LogP contribution in [0.15, 0.2) is 0 Å². The second-order valence-electron chi connectivity index (χ2n) is 3.03. The van der Waals surface area contributed by atoms with E-state index in [0.29, 0.717) is 6.42 Å². The van der Waals surface area contributed by atoms with Gasteiger partial charge in [-0.25, -0.2) is 0 Å². The molecule has 0 heterocycles. The second kappa shape index (κ2) is 4.70. The first-order valence-electron chi connectivity index (χ1n) is 4.14. The molecule has 2 atom stereocenters. The van der Waals surface area contributed by atoms with Crippen LogP contribution in [-0.2, 0) is 0 Å². The third-order valence-electron chi connectivity index (χ3n) is 2.03. The molecule has 0 aliphatic heterocycles. The molecule has 0 aliphatic rings. The summed E-state index contributed by atoms with van der Waals surface area (Å²) in [5.41, 5.74) is -0.538. The van der Waals surface area contributed by atoms with Gasteiger partial charge in [0.15, 0.2) is 0 Å². The summed E-state index contributed by atoms with van der Waals surface area (Å²) < 4.78 is 0. The van der Waals surface area contributed by atoms with Gasteiger partial charge >= 0.3 is 0 Å².